The number of pyridine rings is 1. The van der Waals surface area contributed by atoms with Crippen LogP contribution in [-0.2, 0) is 6.42 Å². The molecule has 0 fully saturated rings. The van der Waals surface area contributed by atoms with Crippen LogP contribution in [0.4, 0.5) is 11.6 Å². The molecule has 0 saturated carbocycles. The van der Waals surface area contributed by atoms with Gasteiger partial charge in [0.1, 0.15) is 17.5 Å². The quantitative estimate of drug-likeness (QED) is 0.839. The first kappa shape index (κ1) is 12.3. The van der Waals surface area contributed by atoms with Gasteiger partial charge in [-0.25, -0.2) is 9.97 Å². The number of hydrogen-bond donors (Lipinski definition) is 2. The molecule has 0 saturated heterocycles. The number of hydrogen-bond acceptors (Lipinski definition) is 5. The largest absolute Gasteiger partial charge is 0.373 e. The number of aryl methyl sites for hydroxylation is 1. The molecule has 2 aromatic heterocycles. The molecule has 0 radical (unpaired) electrons. The van der Waals surface area contributed by atoms with Crippen LogP contribution in [0.5, 0.6) is 0 Å². The molecule has 0 unspecified atom stereocenters. The molecular weight excluding hydrogens is 226 g/mol. The minimum Gasteiger partial charge on any atom is -0.373 e. The van der Waals surface area contributed by atoms with Crippen molar-refractivity contribution in [2.45, 2.75) is 13.3 Å². The highest BCUT2D eigenvalue weighted by molar-refractivity contribution is 5.47. The van der Waals surface area contributed by atoms with Gasteiger partial charge >= 0.3 is 0 Å². The van der Waals surface area contributed by atoms with Crippen molar-refractivity contribution in [2.75, 3.05) is 24.2 Å². The van der Waals surface area contributed by atoms with Crippen molar-refractivity contribution in [1.29, 1.82) is 0 Å². The van der Waals surface area contributed by atoms with Crippen LogP contribution in [0.3, 0.4) is 0 Å². The summed E-state index contributed by atoms with van der Waals surface area (Å²) in [5.41, 5.74) is 1.21. The van der Waals surface area contributed by atoms with Crippen molar-refractivity contribution in [3.05, 3.63) is 42.0 Å². The maximum absolute atomic E-state index is 4.34. The Balaban J connectivity index is 1.92. The predicted octanol–water partition coefficient (Wildman–Crippen LogP) is 1.88. The summed E-state index contributed by atoms with van der Waals surface area (Å²) >= 11 is 0. The fourth-order valence-corrected chi connectivity index (χ4v) is 1.67. The van der Waals surface area contributed by atoms with Crippen molar-refractivity contribution in [2.24, 2.45) is 0 Å². The maximum Gasteiger partial charge on any atom is 0.131 e. The molecule has 5 heteroatoms. The van der Waals surface area contributed by atoms with Gasteiger partial charge in [0.2, 0.25) is 0 Å². The molecule has 0 aliphatic carbocycles. The molecule has 94 valence electrons. The lowest BCUT2D eigenvalue weighted by Crippen LogP contribution is -2.08. The topological polar surface area (TPSA) is 62.7 Å². The smallest absolute Gasteiger partial charge is 0.131 e. The highest BCUT2D eigenvalue weighted by Crippen LogP contribution is 2.10. The van der Waals surface area contributed by atoms with Gasteiger partial charge in [-0.2, -0.15) is 0 Å². The Bertz CT molecular complexity index is 498. The fraction of sp³-hybridized carbons (Fsp3) is 0.308. The van der Waals surface area contributed by atoms with Gasteiger partial charge in [-0.05, 0) is 25.0 Å². The van der Waals surface area contributed by atoms with Crippen LogP contribution in [-0.4, -0.2) is 28.5 Å². The van der Waals surface area contributed by atoms with Gasteiger partial charge in [0.15, 0.2) is 0 Å². The van der Waals surface area contributed by atoms with Crippen molar-refractivity contribution in [3.8, 4) is 0 Å². The van der Waals surface area contributed by atoms with Gasteiger partial charge in [0, 0.05) is 32.1 Å². The van der Waals surface area contributed by atoms with Crippen LogP contribution in [0.15, 0.2) is 30.6 Å². The summed E-state index contributed by atoms with van der Waals surface area (Å²) in [5.74, 6) is 2.42. The zero-order valence-corrected chi connectivity index (χ0v) is 10.6. The lowest BCUT2D eigenvalue weighted by atomic mass is 10.2. The van der Waals surface area contributed by atoms with E-state index in [1.165, 1.54) is 5.56 Å². The summed E-state index contributed by atoms with van der Waals surface area (Å²) in [6.07, 6.45) is 4.58. The molecular formula is C13H17N5. The van der Waals surface area contributed by atoms with E-state index < -0.39 is 0 Å². The number of nitrogens with one attached hydrogen (secondary N) is 2. The molecule has 2 heterocycles. The second kappa shape index (κ2) is 5.95. The average molecular weight is 243 g/mol. The second-order valence-electron chi connectivity index (χ2n) is 3.97. The minimum atomic E-state index is 0.755. The van der Waals surface area contributed by atoms with E-state index >= 15 is 0 Å². The molecule has 0 aliphatic rings. The predicted molar refractivity (Wildman–Crippen MR) is 72.7 cm³/mol. The van der Waals surface area contributed by atoms with Crippen LogP contribution >= 0.6 is 0 Å². The summed E-state index contributed by atoms with van der Waals surface area (Å²) in [6, 6.07) is 5.92. The molecule has 2 N–H and O–H groups in total. The van der Waals surface area contributed by atoms with Crippen molar-refractivity contribution in [3.63, 3.8) is 0 Å². The van der Waals surface area contributed by atoms with Crippen molar-refractivity contribution >= 4 is 11.6 Å². The number of nitrogens with zero attached hydrogens (tertiary/aromatic N) is 3. The van der Waals surface area contributed by atoms with Crippen molar-refractivity contribution < 1.29 is 0 Å². The molecule has 0 atom stereocenters. The molecule has 2 rings (SSSR count). The number of rotatable bonds is 5. The summed E-state index contributed by atoms with van der Waals surface area (Å²) in [7, 11) is 1.85. The third-order valence-corrected chi connectivity index (χ3v) is 2.54. The van der Waals surface area contributed by atoms with Gasteiger partial charge in [0.05, 0.1) is 0 Å². The molecule has 0 spiro atoms. The van der Waals surface area contributed by atoms with Crippen molar-refractivity contribution in [1.82, 2.24) is 15.0 Å². The van der Waals surface area contributed by atoms with E-state index in [2.05, 4.69) is 31.7 Å². The van der Waals surface area contributed by atoms with E-state index in [4.69, 9.17) is 0 Å². The molecule has 0 amide bonds. The van der Waals surface area contributed by atoms with Gasteiger partial charge in [-0.15, -0.1) is 0 Å². The maximum atomic E-state index is 4.34. The Morgan fingerprint density at radius 3 is 2.78 bits per heavy atom. The van der Waals surface area contributed by atoms with Crippen LogP contribution < -0.4 is 10.6 Å². The van der Waals surface area contributed by atoms with E-state index in [1.54, 1.807) is 6.20 Å². The lowest BCUT2D eigenvalue weighted by Gasteiger charge is -2.08. The molecule has 0 aromatic carbocycles. The van der Waals surface area contributed by atoms with Crippen LogP contribution in [0, 0.1) is 6.92 Å². The zero-order valence-electron chi connectivity index (χ0n) is 10.6. The molecule has 5 nitrogen and oxygen atoms in total. The van der Waals surface area contributed by atoms with E-state index in [0.717, 1.165) is 30.4 Å². The summed E-state index contributed by atoms with van der Waals surface area (Å²) in [4.78, 5) is 12.7. The second-order valence-corrected chi connectivity index (χ2v) is 3.97. The van der Waals surface area contributed by atoms with E-state index in [9.17, 15) is 0 Å². The molecule has 0 bridgehead atoms. The molecule has 18 heavy (non-hydrogen) atoms. The third-order valence-electron chi connectivity index (χ3n) is 2.54. The van der Waals surface area contributed by atoms with Gasteiger partial charge in [-0.1, -0.05) is 6.07 Å². The fourth-order valence-electron chi connectivity index (χ4n) is 1.67. The minimum absolute atomic E-state index is 0.755. The first-order chi connectivity index (χ1) is 8.78. The SMILES string of the molecule is CNc1cc(NCCc2cccnc2)nc(C)n1. The Kier molecular flexibility index (Phi) is 4.06. The monoisotopic (exact) mass is 243 g/mol. The van der Waals surface area contributed by atoms with Gasteiger partial charge in [-0.3, -0.25) is 4.98 Å². The summed E-state index contributed by atoms with van der Waals surface area (Å²) < 4.78 is 0. The van der Waals surface area contributed by atoms with Crippen LogP contribution in [0.25, 0.3) is 0 Å². The molecule has 2 aromatic rings. The van der Waals surface area contributed by atoms with Gasteiger partial charge < -0.3 is 10.6 Å². The molecule has 0 aliphatic heterocycles. The average Bonchev–Trinajstić information content (AvgIpc) is 2.39. The van der Waals surface area contributed by atoms with Gasteiger partial charge in [0.25, 0.3) is 0 Å². The van der Waals surface area contributed by atoms with E-state index in [-0.39, 0.29) is 0 Å². The first-order valence-electron chi connectivity index (χ1n) is 5.94. The Labute approximate surface area is 107 Å². The zero-order chi connectivity index (χ0) is 12.8. The standard InChI is InChI=1S/C13H17N5/c1-10-17-12(14-2)8-13(18-10)16-7-5-11-4-3-6-15-9-11/h3-4,6,8-9H,5,7H2,1-2H3,(H2,14,16,17,18). The number of anilines is 2. The highest BCUT2D eigenvalue weighted by Gasteiger charge is 2.00. The third kappa shape index (κ3) is 3.41. The van der Waals surface area contributed by atoms with E-state index in [0.29, 0.717) is 0 Å². The number of aromatic nitrogens is 3. The van der Waals surface area contributed by atoms with Crippen LogP contribution in [0.1, 0.15) is 11.4 Å². The Hall–Kier alpha value is -2.17. The summed E-state index contributed by atoms with van der Waals surface area (Å²) in [6.45, 7) is 2.71. The summed E-state index contributed by atoms with van der Waals surface area (Å²) in [5, 5.41) is 6.30. The first-order valence-corrected chi connectivity index (χ1v) is 5.94. The Morgan fingerprint density at radius 2 is 2.06 bits per heavy atom. The van der Waals surface area contributed by atoms with Crippen LogP contribution in [0.2, 0.25) is 0 Å². The Morgan fingerprint density at radius 1 is 1.22 bits per heavy atom. The lowest BCUT2D eigenvalue weighted by molar-refractivity contribution is 0.974. The van der Waals surface area contributed by atoms with E-state index in [1.807, 2.05) is 32.3 Å². The normalized spacial score (nSPS) is 10.1. The highest BCUT2D eigenvalue weighted by atomic mass is 15.1.